The summed E-state index contributed by atoms with van der Waals surface area (Å²) in [7, 11) is 0. The summed E-state index contributed by atoms with van der Waals surface area (Å²) in [5.74, 6) is 1.62. The van der Waals surface area contributed by atoms with Crippen LogP contribution >= 0.6 is 0 Å². The predicted molar refractivity (Wildman–Crippen MR) is 76.8 cm³/mol. The van der Waals surface area contributed by atoms with Gasteiger partial charge in [0.1, 0.15) is 0 Å². The van der Waals surface area contributed by atoms with Crippen LogP contribution in [0.2, 0.25) is 0 Å². The zero-order valence-electron chi connectivity index (χ0n) is 12.5. The number of hydrogen-bond acceptors (Lipinski definition) is 2. The van der Waals surface area contributed by atoms with Crippen molar-refractivity contribution in [3.05, 3.63) is 0 Å². The lowest BCUT2D eigenvalue weighted by Gasteiger charge is -2.46. The van der Waals surface area contributed by atoms with Crippen LogP contribution < -0.4 is 5.32 Å². The molecule has 2 heteroatoms. The van der Waals surface area contributed by atoms with Crippen molar-refractivity contribution in [1.82, 2.24) is 5.32 Å². The molecule has 18 heavy (non-hydrogen) atoms. The average molecular weight is 253 g/mol. The van der Waals surface area contributed by atoms with Gasteiger partial charge in [0.2, 0.25) is 0 Å². The van der Waals surface area contributed by atoms with Gasteiger partial charge in [0.05, 0.1) is 5.60 Å². The molecule has 1 saturated heterocycles. The van der Waals surface area contributed by atoms with E-state index >= 15 is 0 Å². The number of hydrogen-bond donors (Lipinski definition) is 1. The first-order chi connectivity index (χ1) is 8.67. The van der Waals surface area contributed by atoms with Crippen LogP contribution in [-0.4, -0.2) is 24.8 Å². The molecule has 3 atom stereocenters. The number of rotatable bonds is 4. The molecule has 1 saturated carbocycles. The molecule has 1 aliphatic carbocycles. The first-order valence-electron chi connectivity index (χ1n) is 8.04. The highest BCUT2D eigenvalue weighted by Crippen LogP contribution is 2.43. The first-order valence-corrected chi connectivity index (χ1v) is 8.04. The zero-order valence-corrected chi connectivity index (χ0v) is 12.5. The third-order valence-electron chi connectivity index (χ3n) is 5.35. The normalized spacial score (nSPS) is 31.2. The SMILES string of the molecule is CCNC(C)C(C)C1CCOC2(CCCCC2)C1. The number of ether oxygens (including phenoxy) is 1. The lowest BCUT2D eigenvalue weighted by Crippen LogP contribution is -2.46. The Kier molecular flexibility index (Phi) is 5.08. The lowest BCUT2D eigenvalue weighted by atomic mass is 9.71. The molecule has 1 aliphatic heterocycles. The molecular weight excluding hydrogens is 222 g/mol. The second-order valence-electron chi connectivity index (χ2n) is 6.55. The Hall–Kier alpha value is -0.0800. The minimum Gasteiger partial charge on any atom is -0.375 e. The van der Waals surface area contributed by atoms with Gasteiger partial charge in [-0.05, 0) is 51.0 Å². The average Bonchev–Trinajstić information content (AvgIpc) is 2.39. The van der Waals surface area contributed by atoms with E-state index in [1.807, 2.05) is 0 Å². The van der Waals surface area contributed by atoms with Gasteiger partial charge in [-0.25, -0.2) is 0 Å². The Labute approximate surface area is 113 Å². The number of nitrogens with one attached hydrogen (secondary N) is 1. The molecule has 106 valence electrons. The van der Waals surface area contributed by atoms with Gasteiger partial charge in [0, 0.05) is 12.6 Å². The molecule has 0 aromatic heterocycles. The van der Waals surface area contributed by atoms with E-state index in [4.69, 9.17) is 4.74 Å². The fourth-order valence-electron chi connectivity index (χ4n) is 3.98. The third-order valence-corrected chi connectivity index (χ3v) is 5.35. The monoisotopic (exact) mass is 253 g/mol. The predicted octanol–water partition coefficient (Wildman–Crippen LogP) is 3.75. The van der Waals surface area contributed by atoms with Crippen LogP contribution in [0.15, 0.2) is 0 Å². The van der Waals surface area contributed by atoms with E-state index in [0.29, 0.717) is 6.04 Å². The van der Waals surface area contributed by atoms with Gasteiger partial charge >= 0.3 is 0 Å². The Morgan fingerprint density at radius 1 is 1.22 bits per heavy atom. The van der Waals surface area contributed by atoms with Crippen LogP contribution in [0.3, 0.4) is 0 Å². The molecule has 0 radical (unpaired) electrons. The van der Waals surface area contributed by atoms with Crippen molar-refractivity contribution < 1.29 is 4.74 Å². The molecule has 0 bridgehead atoms. The highest BCUT2D eigenvalue weighted by molar-refractivity contribution is 4.92. The van der Waals surface area contributed by atoms with E-state index in [2.05, 4.69) is 26.1 Å². The fourth-order valence-corrected chi connectivity index (χ4v) is 3.98. The van der Waals surface area contributed by atoms with E-state index in [0.717, 1.165) is 25.0 Å². The van der Waals surface area contributed by atoms with Crippen molar-refractivity contribution in [2.75, 3.05) is 13.2 Å². The molecule has 0 amide bonds. The Balaban J connectivity index is 1.93. The summed E-state index contributed by atoms with van der Waals surface area (Å²) in [5, 5.41) is 3.59. The maximum Gasteiger partial charge on any atom is 0.0685 e. The van der Waals surface area contributed by atoms with E-state index < -0.39 is 0 Å². The Bertz CT molecular complexity index is 242. The highest BCUT2D eigenvalue weighted by Gasteiger charge is 2.40. The van der Waals surface area contributed by atoms with E-state index in [9.17, 15) is 0 Å². The van der Waals surface area contributed by atoms with E-state index in [1.165, 1.54) is 44.9 Å². The zero-order chi connectivity index (χ0) is 13.0. The van der Waals surface area contributed by atoms with Gasteiger partial charge in [0.15, 0.2) is 0 Å². The van der Waals surface area contributed by atoms with Gasteiger partial charge in [-0.3, -0.25) is 0 Å². The molecule has 2 rings (SSSR count). The largest absolute Gasteiger partial charge is 0.375 e. The topological polar surface area (TPSA) is 21.3 Å². The summed E-state index contributed by atoms with van der Waals surface area (Å²) in [6, 6.07) is 0.638. The van der Waals surface area contributed by atoms with Gasteiger partial charge in [-0.2, -0.15) is 0 Å². The molecule has 2 aliphatic rings. The molecule has 0 aromatic carbocycles. The first kappa shape index (κ1) is 14.3. The molecule has 2 fully saturated rings. The molecule has 1 heterocycles. The summed E-state index contributed by atoms with van der Waals surface area (Å²) < 4.78 is 6.21. The smallest absolute Gasteiger partial charge is 0.0685 e. The highest BCUT2D eigenvalue weighted by atomic mass is 16.5. The fraction of sp³-hybridized carbons (Fsp3) is 1.00. The maximum absolute atomic E-state index is 6.21. The summed E-state index contributed by atoms with van der Waals surface area (Å²) in [6.07, 6.45) is 9.37. The summed E-state index contributed by atoms with van der Waals surface area (Å²) in [6.45, 7) is 9.06. The molecule has 2 nitrogen and oxygen atoms in total. The van der Waals surface area contributed by atoms with Gasteiger partial charge in [-0.15, -0.1) is 0 Å². The van der Waals surface area contributed by atoms with Gasteiger partial charge < -0.3 is 10.1 Å². The molecule has 0 aromatic rings. The van der Waals surface area contributed by atoms with Crippen LogP contribution in [-0.2, 0) is 4.74 Å². The minimum atomic E-state index is 0.265. The molecular formula is C16H31NO. The van der Waals surface area contributed by atoms with Crippen LogP contribution in [0, 0.1) is 11.8 Å². The molecule has 1 N–H and O–H groups in total. The van der Waals surface area contributed by atoms with Gasteiger partial charge in [-0.1, -0.05) is 33.1 Å². The molecule has 1 spiro atoms. The summed E-state index contributed by atoms with van der Waals surface area (Å²) in [5.41, 5.74) is 0.265. The minimum absolute atomic E-state index is 0.265. The van der Waals surface area contributed by atoms with Crippen molar-refractivity contribution in [2.24, 2.45) is 11.8 Å². The lowest BCUT2D eigenvalue weighted by molar-refractivity contribution is -0.125. The Morgan fingerprint density at radius 2 is 1.94 bits per heavy atom. The van der Waals surface area contributed by atoms with Gasteiger partial charge in [0.25, 0.3) is 0 Å². The van der Waals surface area contributed by atoms with E-state index in [-0.39, 0.29) is 5.60 Å². The second-order valence-corrected chi connectivity index (χ2v) is 6.55. The van der Waals surface area contributed by atoms with Crippen molar-refractivity contribution in [3.63, 3.8) is 0 Å². The summed E-state index contributed by atoms with van der Waals surface area (Å²) >= 11 is 0. The molecule has 3 unspecified atom stereocenters. The van der Waals surface area contributed by atoms with Crippen LogP contribution in [0.25, 0.3) is 0 Å². The quantitative estimate of drug-likeness (QED) is 0.824. The van der Waals surface area contributed by atoms with Crippen LogP contribution in [0.4, 0.5) is 0 Å². The van der Waals surface area contributed by atoms with Crippen molar-refractivity contribution in [1.29, 1.82) is 0 Å². The summed E-state index contributed by atoms with van der Waals surface area (Å²) in [4.78, 5) is 0. The standard InChI is InChI=1S/C16H31NO/c1-4-17-14(3)13(2)15-8-11-18-16(12-15)9-6-5-7-10-16/h13-15,17H,4-12H2,1-3H3. The Morgan fingerprint density at radius 3 is 2.61 bits per heavy atom. The van der Waals surface area contributed by atoms with Crippen LogP contribution in [0.5, 0.6) is 0 Å². The van der Waals surface area contributed by atoms with Crippen LogP contribution in [0.1, 0.15) is 65.7 Å². The second kappa shape index (κ2) is 6.38. The van der Waals surface area contributed by atoms with Crippen molar-refractivity contribution >= 4 is 0 Å². The third kappa shape index (κ3) is 3.27. The van der Waals surface area contributed by atoms with Crippen molar-refractivity contribution in [2.45, 2.75) is 77.4 Å². The van der Waals surface area contributed by atoms with Crippen molar-refractivity contribution in [3.8, 4) is 0 Å². The maximum atomic E-state index is 6.21. The van der Waals surface area contributed by atoms with E-state index in [1.54, 1.807) is 0 Å².